The molecule has 0 radical (unpaired) electrons. The van der Waals surface area contributed by atoms with Crippen LogP contribution in [0.4, 0.5) is 0 Å². The number of carbonyl (C=O) groups is 1. The molecule has 1 aromatic carbocycles. The first-order valence-corrected chi connectivity index (χ1v) is 15.1. The van der Waals surface area contributed by atoms with E-state index in [0.29, 0.717) is 25.7 Å². The summed E-state index contributed by atoms with van der Waals surface area (Å²) in [5, 5.41) is 11.8. The molecule has 2 heterocycles. The molecule has 3 rings (SSSR count). The Kier molecular flexibility index (Phi) is 13.3. The van der Waals surface area contributed by atoms with Crippen LogP contribution in [-0.4, -0.2) is 110 Å². The predicted octanol–water partition coefficient (Wildman–Crippen LogP) is 3.01. The highest BCUT2D eigenvalue weighted by atomic mass is 31.2. The van der Waals surface area contributed by atoms with Gasteiger partial charge in [-0.2, -0.15) is 10.3 Å². The summed E-state index contributed by atoms with van der Waals surface area (Å²) < 4.78 is 20.1. The van der Waals surface area contributed by atoms with Crippen LogP contribution in [0.15, 0.2) is 50.3 Å². The standard InChI is InChI=1S/C28H42N9O4P/c1-21(2)37(22(3)4)42(40-15-10-13-29)41-16-14-30-24(38)17-36-20-31-25-26(36)33-28(32-19-35(5)6)34-27(25)39-18-23-11-8-7-9-12-23/h7-9,11-12,19-22,25-26H,10,14-18H2,1-6H3,(H,30,38)/b32-19+. The van der Waals surface area contributed by atoms with Crippen molar-refractivity contribution < 1.29 is 18.6 Å². The van der Waals surface area contributed by atoms with Gasteiger partial charge in [-0.3, -0.25) is 9.79 Å². The first-order valence-electron chi connectivity index (χ1n) is 14.0. The van der Waals surface area contributed by atoms with Crippen molar-refractivity contribution in [2.75, 3.05) is 40.4 Å². The SMILES string of the molecule is CC(C)N(C(C)C)P(OCCC#N)OCCNC(=O)CN1C=NC2C(OCc3ccccc3)=NC(/N=C/N(C)C)=NC21. The molecule has 13 nitrogen and oxygen atoms in total. The van der Waals surface area contributed by atoms with E-state index in [1.807, 2.05) is 44.4 Å². The zero-order valence-electron chi connectivity index (χ0n) is 25.3. The fraction of sp³-hybridized carbons (Fsp3) is 0.571. The van der Waals surface area contributed by atoms with Crippen LogP contribution in [-0.2, 0) is 25.2 Å². The van der Waals surface area contributed by atoms with E-state index in [9.17, 15) is 4.79 Å². The first-order chi connectivity index (χ1) is 20.2. The Labute approximate surface area is 249 Å². The van der Waals surface area contributed by atoms with Gasteiger partial charge in [0.1, 0.15) is 6.61 Å². The van der Waals surface area contributed by atoms with Crippen molar-refractivity contribution in [1.82, 2.24) is 19.8 Å². The summed E-state index contributed by atoms with van der Waals surface area (Å²) >= 11 is 0. The molecular weight excluding hydrogens is 557 g/mol. The fourth-order valence-corrected chi connectivity index (χ4v) is 5.78. The second-order valence-corrected chi connectivity index (χ2v) is 11.8. The van der Waals surface area contributed by atoms with Crippen LogP contribution in [0.1, 0.15) is 39.7 Å². The van der Waals surface area contributed by atoms with Crippen LogP contribution in [0.3, 0.4) is 0 Å². The van der Waals surface area contributed by atoms with Crippen LogP contribution in [0.2, 0.25) is 0 Å². The number of fused-ring (bicyclic) bond motifs is 1. The van der Waals surface area contributed by atoms with Gasteiger partial charge >= 0.3 is 0 Å². The van der Waals surface area contributed by atoms with Crippen LogP contribution < -0.4 is 5.32 Å². The maximum atomic E-state index is 12.9. The van der Waals surface area contributed by atoms with Crippen molar-refractivity contribution in [3.8, 4) is 6.07 Å². The summed E-state index contributed by atoms with van der Waals surface area (Å²) in [4.78, 5) is 34.5. The lowest BCUT2D eigenvalue weighted by atomic mass is 10.2. The van der Waals surface area contributed by atoms with E-state index >= 15 is 0 Å². The van der Waals surface area contributed by atoms with Crippen molar-refractivity contribution in [3.63, 3.8) is 0 Å². The van der Waals surface area contributed by atoms with Gasteiger partial charge in [-0.05, 0) is 33.3 Å². The van der Waals surface area contributed by atoms with E-state index in [2.05, 4.69) is 63.7 Å². The van der Waals surface area contributed by atoms with Gasteiger partial charge in [0.2, 0.25) is 11.8 Å². The second-order valence-electron chi connectivity index (χ2n) is 10.4. The molecule has 0 saturated heterocycles. The lowest BCUT2D eigenvalue weighted by Gasteiger charge is -2.35. The summed E-state index contributed by atoms with van der Waals surface area (Å²) in [6.07, 6.45) is 3.01. The van der Waals surface area contributed by atoms with Gasteiger partial charge in [0.05, 0.1) is 44.9 Å². The number of aliphatic imine (C=N–C) groups is 4. The summed E-state index contributed by atoms with van der Waals surface area (Å²) in [5.74, 6) is 0.455. The number of nitrogens with zero attached hydrogens (tertiary/aromatic N) is 8. The topological polar surface area (TPSA) is 140 Å². The summed E-state index contributed by atoms with van der Waals surface area (Å²) in [5.41, 5.74) is 1.00. The number of hydrogen-bond donors (Lipinski definition) is 1. The highest BCUT2D eigenvalue weighted by molar-refractivity contribution is 7.44. The highest BCUT2D eigenvalue weighted by Crippen LogP contribution is 2.45. The predicted molar refractivity (Wildman–Crippen MR) is 165 cm³/mol. The summed E-state index contributed by atoms with van der Waals surface area (Å²) in [7, 11) is 2.34. The number of amides is 1. The Bertz CT molecular complexity index is 1160. The number of nitriles is 1. The lowest BCUT2D eigenvalue weighted by Crippen LogP contribution is -2.46. The maximum Gasteiger partial charge on any atom is 0.259 e. The Morgan fingerprint density at radius 2 is 1.90 bits per heavy atom. The number of ether oxygens (including phenoxy) is 1. The van der Waals surface area contributed by atoms with Gasteiger partial charge < -0.3 is 28.9 Å². The van der Waals surface area contributed by atoms with Gasteiger partial charge in [0.25, 0.3) is 14.5 Å². The second kappa shape index (κ2) is 16.9. The van der Waals surface area contributed by atoms with E-state index < -0.39 is 20.7 Å². The number of rotatable bonds is 15. The van der Waals surface area contributed by atoms with E-state index in [0.717, 1.165) is 5.56 Å². The average Bonchev–Trinajstić information content (AvgIpc) is 3.35. The van der Waals surface area contributed by atoms with E-state index in [4.69, 9.17) is 19.0 Å². The van der Waals surface area contributed by atoms with Crippen LogP contribution in [0.25, 0.3) is 0 Å². The molecule has 3 unspecified atom stereocenters. The molecule has 14 heteroatoms. The molecule has 1 N–H and O–H groups in total. The van der Waals surface area contributed by atoms with E-state index in [1.54, 1.807) is 22.5 Å². The third kappa shape index (κ3) is 10.1. The number of nitrogens with one attached hydrogen (secondary N) is 1. The zero-order chi connectivity index (χ0) is 30.5. The monoisotopic (exact) mass is 599 g/mol. The molecule has 42 heavy (non-hydrogen) atoms. The quantitative estimate of drug-likeness (QED) is 0.141. The van der Waals surface area contributed by atoms with Crippen LogP contribution in [0, 0.1) is 11.3 Å². The Balaban J connectivity index is 1.57. The number of carbonyl (C=O) groups excluding carboxylic acids is 1. The molecule has 0 fully saturated rings. The molecule has 228 valence electrons. The van der Waals surface area contributed by atoms with Gasteiger partial charge in [-0.1, -0.05) is 30.3 Å². The normalized spacial score (nSPS) is 18.7. The highest BCUT2D eigenvalue weighted by Gasteiger charge is 2.39. The number of hydrogen-bond acceptors (Lipinski definition) is 11. The third-order valence-corrected chi connectivity index (χ3v) is 8.06. The van der Waals surface area contributed by atoms with Gasteiger partial charge in [-0.15, -0.1) is 0 Å². The van der Waals surface area contributed by atoms with Crippen LogP contribution >= 0.6 is 8.53 Å². The molecule has 0 spiro atoms. The fourth-order valence-electron chi connectivity index (χ4n) is 4.19. The molecule has 3 atom stereocenters. The molecule has 1 aromatic rings. The van der Waals surface area contributed by atoms with Gasteiger partial charge in [0, 0.05) is 32.7 Å². The van der Waals surface area contributed by atoms with Crippen molar-refractivity contribution in [2.45, 2.75) is 65.0 Å². The van der Waals surface area contributed by atoms with Crippen molar-refractivity contribution >= 4 is 39.0 Å². The Hall–Kier alpha value is -3.43. The number of guanidine groups is 1. The molecule has 1 amide bonds. The van der Waals surface area contributed by atoms with Crippen molar-refractivity contribution in [3.05, 3.63) is 35.9 Å². The molecule has 2 aliphatic heterocycles. The van der Waals surface area contributed by atoms with Gasteiger partial charge in [-0.25, -0.2) is 14.7 Å². The van der Waals surface area contributed by atoms with Crippen molar-refractivity contribution in [1.29, 1.82) is 5.26 Å². The largest absolute Gasteiger partial charge is 0.474 e. The minimum absolute atomic E-state index is 0.0440. The Morgan fingerprint density at radius 1 is 1.19 bits per heavy atom. The molecule has 0 bridgehead atoms. The molecule has 2 aliphatic rings. The van der Waals surface area contributed by atoms with E-state index in [1.165, 1.54) is 0 Å². The number of benzene rings is 1. The Morgan fingerprint density at radius 3 is 2.57 bits per heavy atom. The zero-order valence-corrected chi connectivity index (χ0v) is 26.1. The average molecular weight is 600 g/mol. The molecular formula is C28H42N9O4P. The maximum absolute atomic E-state index is 12.9. The minimum Gasteiger partial charge on any atom is -0.474 e. The minimum atomic E-state index is -1.37. The van der Waals surface area contributed by atoms with Crippen molar-refractivity contribution in [2.24, 2.45) is 20.0 Å². The molecule has 0 saturated carbocycles. The van der Waals surface area contributed by atoms with Crippen LogP contribution in [0.5, 0.6) is 0 Å². The summed E-state index contributed by atoms with van der Waals surface area (Å²) in [6.45, 7) is 9.55. The molecule has 0 aromatic heterocycles. The first kappa shape index (κ1) is 33.1. The summed E-state index contributed by atoms with van der Waals surface area (Å²) in [6, 6.07) is 11.8. The smallest absolute Gasteiger partial charge is 0.259 e. The molecule has 0 aliphatic carbocycles. The lowest BCUT2D eigenvalue weighted by molar-refractivity contribution is -0.121. The third-order valence-electron chi connectivity index (χ3n) is 5.96. The van der Waals surface area contributed by atoms with Gasteiger partial charge in [0.15, 0.2) is 12.2 Å². The van der Waals surface area contributed by atoms with E-state index in [-0.39, 0.29) is 43.5 Å².